The summed E-state index contributed by atoms with van der Waals surface area (Å²) in [5, 5.41) is 9.73. The average Bonchev–Trinajstić information content (AvgIpc) is 2.74. The van der Waals surface area contributed by atoms with Crippen molar-refractivity contribution in [2.45, 2.75) is 13.5 Å². The summed E-state index contributed by atoms with van der Waals surface area (Å²) in [5.74, 6) is 0.788. The normalized spacial score (nSPS) is 10.5. The summed E-state index contributed by atoms with van der Waals surface area (Å²) in [5.41, 5.74) is 8.40. The summed E-state index contributed by atoms with van der Waals surface area (Å²) >= 11 is 5.12. The van der Waals surface area contributed by atoms with Crippen molar-refractivity contribution < 1.29 is 0 Å². The number of anilines is 1. The molecule has 2 aromatic heterocycles. The van der Waals surface area contributed by atoms with Crippen LogP contribution in [0.15, 0.2) is 27.4 Å². The molecule has 2 aromatic rings. The van der Waals surface area contributed by atoms with Crippen LogP contribution in [0.5, 0.6) is 0 Å². The summed E-state index contributed by atoms with van der Waals surface area (Å²) in [6.07, 6.45) is 0. The molecule has 0 radical (unpaired) electrons. The fourth-order valence-electron chi connectivity index (χ4n) is 1.82. The summed E-state index contributed by atoms with van der Waals surface area (Å²) in [4.78, 5) is 6.51. The Labute approximate surface area is 124 Å². The van der Waals surface area contributed by atoms with Crippen molar-refractivity contribution in [3.05, 3.63) is 44.2 Å². The number of aryl methyl sites for hydroxylation is 1. The number of halogens is 1. The molecule has 0 fully saturated rings. The molecule has 0 aliphatic rings. The van der Waals surface area contributed by atoms with Gasteiger partial charge in [0.05, 0.1) is 9.35 Å². The molecule has 2 rings (SSSR count). The number of pyridine rings is 1. The van der Waals surface area contributed by atoms with Gasteiger partial charge < -0.3 is 10.6 Å². The van der Waals surface area contributed by atoms with Gasteiger partial charge in [0.2, 0.25) is 0 Å². The lowest BCUT2D eigenvalue weighted by atomic mass is 10.2. The Kier molecular flexibility index (Phi) is 4.21. The van der Waals surface area contributed by atoms with Crippen LogP contribution >= 0.6 is 27.3 Å². The van der Waals surface area contributed by atoms with E-state index in [2.05, 4.69) is 32.4 Å². The van der Waals surface area contributed by atoms with E-state index in [9.17, 15) is 0 Å². The minimum Gasteiger partial charge on any atom is -0.384 e. The minimum absolute atomic E-state index is 0.0425. The van der Waals surface area contributed by atoms with Gasteiger partial charge in [0.1, 0.15) is 11.7 Å². The van der Waals surface area contributed by atoms with E-state index in [-0.39, 0.29) is 5.84 Å². The summed E-state index contributed by atoms with van der Waals surface area (Å²) in [6.45, 7) is 2.67. The summed E-state index contributed by atoms with van der Waals surface area (Å²) in [6, 6.07) is 5.81. The SMILES string of the molecule is Cc1ccc(C(=N)N)c(N(C)Cc2csc(Br)c2)n1. The molecule has 6 heteroatoms. The maximum absolute atomic E-state index is 7.63. The van der Waals surface area contributed by atoms with Crippen molar-refractivity contribution in [3.63, 3.8) is 0 Å². The number of thiophene rings is 1. The highest BCUT2D eigenvalue weighted by atomic mass is 79.9. The standard InChI is InChI=1S/C13H15BrN4S/c1-8-3-4-10(12(15)16)13(17-8)18(2)6-9-5-11(14)19-7-9/h3-5,7H,6H2,1-2H3,(H3,15,16). The van der Waals surface area contributed by atoms with E-state index in [1.807, 2.05) is 31.0 Å². The van der Waals surface area contributed by atoms with Gasteiger partial charge in [-0.15, -0.1) is 11.3 Å². The second-order valence-electron chi connectivity index (χ2n) is 4.35. The summed E-state index contributed by atoms with van der Waals surface area (Å²) in [7, 11) is 1.96. The number of amidine groups is 1. The molecule has 0 unspecified atom stereocenters. The quantitative estimate of drug-likeness (QED) is 0.664. The average molecular weight is 339 g/mol. The second-order valence-corrected chi connectivity index (χ2v) is 6.64. The Hall–Kier alpha value is -1.40. The Balaban J connectivity index is 2.29. The van der Waals surface area contributed by atoms with E-state index < -0.39 is 0 Å². The van der Waals surface area contributed by atoms with Crippen LogP contribution in [-0.4, -0.2) is 17.9 Å². The molecule has 0 atom stereocenters. The van der Waals surface area contributed by atoms with Crippen LogP contribution in [0.2, 0.25) is 0 Å². The number of nitrogens with zero attached hydrogens (tertiary/aromatic N) is 2. The fourth-order valence-corrected chi connectivity index (χ4v) is 3.02. The first-order valence-corrected chi connectivity index (χ1v) is 7.40. The van der Waals surface area contributed by atoms with Crippen molar-refractivity contribution in [1.82, 2.24) is 4.98 Å². The van der Waals surface area contributed by atoms with Crippen LogP contribution in [0.1, 0.15) is 16.8 Å². The largest absolute Gasteiger partial charge is 0.384 e. The molecule has 0 amide bonds. The smallest absolute Gasteiger partial charge is 0.139 e. The first-order valence-electron chi connectivity index (χ1n) is 5.73. The van der Waals surface area contributed by atoms with E-state index in [0.717, 1.165) is 21.8 Å². The number of aromatic nitrogens is 1. The van der Waals surface area contributed by atoms with Crippen LogP contribution in [0.4, 0.5) is 5.82 Å². The van der Waals surface area contributed by atoms with E-state index in [4.69, 9.17) is 11.1 Å². The molecule has 3 N–H and O–H groups in total. The van der Waals surface area contributed by atoms with Crippen molar-refractivity contribution in [1.29, 1.82) is 5.41 Å². The van der Waals surface area contributed by atoms with Gasteiger partial charge >= 0.3 is 0 Å². The van der Waals surface area contributed by atoms with Gasteiger partial charge in [0, 0.05) is 19.3 Å². The van der Waals surface area contributed by atoms with Crippen molar-refractivity contribution >= 4 is 38.9 Å². The molecule has 0 bridgehead atoms. The minimum atomic E-state index is 0.0425. The third-order valence-corrected chi connectivity index (χ3v) is 4.26. The molecule has 19 heavy (non-hydrogen) atoms. The Bertz CT molecular complexity index is 608. The Morgan fingerprint density at radius 2 is 2.26 bits per heavy atom. The number of nitrogens with two attached hydrogens (primary N) is 1. The number of nitrogens with one attached hydrogen (secondary N) is 1. The van der Waals surface area contributed by atoms with Crippen LogP contribution < -0.4 is 10.6 Å². The van der Waals surface area contributed by atoms with E-state index in [1.165, 1.54) is 5.56 Å². The number of rotatable bonds is 4. The third-order valence-electron chi connectivity index (χ3n) is 2.71. The summed E-state index contributed by atoms with van der Waals surface area (Å²) < 4.78 is 1.11. The molecule has 0 spiro atoms. The number of hydrogen-bond acceptors (Lipinski definition) is 4. The highest BCUT2D eigenvalue weighted by molar-refractivity contribution is 9.11. The predicted octanol–water partition coefficient (Wildman–Crippen LogP) is 3.13. The maximum Gasteiger partial charge on any atom is 0.139 e. The molecule has 2 heterocycles. The zero-order chi connectivity index (χ0) is 14.0. The van der Waals surface area contributed by atoms with Crippen molar-refractivity contribution in [3.8, 4) is 0 Å². The Morgan fingerprint density at radius 3 is 2.84 bits per heavy atom. The molecule has 0 aliphatic carbocycles. The Morgan fingerprint density at radius 1 is 1.53 bits per heavy atom. The van der Waals surface area contributed by atoms with Gasteiger partial charge in [-0.3, -0.25) is 5.41 Å². The van der Waals surface area contributed by atoms with Gasteiger partial charge in [-0.1, -0.05) is 0 Å². The molecular formula is C13H15BrN4S. The number of hydrogen-bond donors (Lipinski definition) is 2. The van der Waals surface area contributed by atoms with Gasteiger partial charge in [0.15, 0.2) is 0 Å². The number of nitrogen functional groups attached to an aromatic ring is 1. The molecular weight excluding hydrogens is 324 g/mol. The molecule has 0 saturated heterocycles. The van der Waals surface area contributed by atoms with E-state index in [0.29, 0.717) is 5.56 Å². The van der Waals surface area contributed by atoms with Crippen LogP contribution in [0.25, 0.3) is 0 Å². The van der Waals surface area contributed by atoms with Gasteiger partial charge in [0.25, 0.3) is 0 Å². The predicted molar refractivity (Wildman–Crippen MR) is 84.1 cm³/mol. The van der Waals surface area contributed by atoms with Gasteiger partial charge in [-0.25, -0.2) is 4.98 Å². The lowest BCUT2D eigenvalue weighted by molar-refractivity contribution is 0.893. The first-order chi connectivity index (χ1) is 8.97. The zero-order valence-electron chi connectivity index (χ0n) is 10.8. The first kappa shape index (κ1) is 14.0. The second kappa shape index (κ2) is 5.71. The van der Waals surface area contributed by atoms with Crippen LogP contribution in [-0.2, 0) is 6.54 Å². The van der Waals surface area contributed by atoms with Crippen molar-refractivity contribution in [2.75, 3.05) is 11.9 Å². The lowest BCUT2D eigenvalue weighted by Crippen LogP contribution is -2.23. The lowest BCUT2D eigenvalue weighted by Gasteiger charge is -2.20. The molecule has 0 aliphatic heterocycles. The molecule has 0 aromatic carbocycles. The van der Waals surface area contributed by atoms with E-state index in [1.54, 1.807) is 11.3 Å². The maximum atomic E-state index is 7.63. The molecule has 100 valence electrons. The topological polar surface area (TPSA) is 66.0 Å². The van der Waals surface area contributed by atoms with Crippen LogP contribution in [0, 0.1) is 12.3 Å². The molecule has 0 saturated carbocycles. The fraction of sp³-hybridized carbons (Fsp3) is 0.231. The van der Waals surface area contributed by atoms with Crippen LogP contribution in [0.3, 0.4) is 0 Å². The highest BCUT2D eigenvalue weighted by Crippen LogP contribution is 2.24. The van der Waals surface area contributed by atoms with Crippen molar-refractivity contribution in [2.24, 2.45) is 5.73 Å². The van der Waals surface area contributed by atoms with Gasteiger partial charge in [-0.2, -0.15) is 0 Å². The van der Waals surface area contributed by atoms with Gasteiger partial charge in [-0.05, 0) is 52.0 Å². The third kappa shape index (κ3) is 3.33. The zero-order valence-corrected chi connectivity index (χ0v) is 13.2. The highest BCUT2D eigenvalue weighted by Gasteiger charge is 2.12. The molecule has 4 nitrogen and oxygen atoms in total. The monoisotopic (exact) mass is 338 g/mol. The van der Waals surface area contributed by atoms with E-state index >= 15 is 0 Å².